The van der Waals surface area contributed by atoms with Gasteiger partial charge in [0.2, 0.25) is 0 Å². The van der Waals surface area contributed by atoms with Crippen LogP contribution in [0.25, 0.3) is 10.8 Å². The second-order valence-corrected chi connectivity index (χ2v) is 6.19. The quantitative estimate of drug-likeness (QED) is 0.898. The number of benzene rings is 2. The summed E-state index contributed by atoms with van der Waals surface area (Å²) in [7, 11) is 2.20. The highest BCUT2D eigenvalue weighted by Gasteiger charge is 2.20. The summed E-state index contributed by atoms with van der Waals surface area (Å²) in [5, 5.41) is 2.57. The van der Waals surface area contributed by atoms with Crippen molar-refractivity contribution in [2.24, 2.45) is 11.7 Å². The van der Waals surface area contributed by atoms with Crippen LogP contribution in [0.3, 0.4) is 0 Å². The molecule has 1 aliphatic carbocycles. The van der Waals surface area contributed by atoms with Gasteiger partial charge in [0.1, 0.15) is 0 Å². The molecule has 0 heterocycles. The molecule has 2 aromatic rings. The van der Waals surface area contributed by atoms with Crippen LogP contribution in [-0.2, 0) is 0 Å². The van der Waals surface area contributed by atoms with Crippen LogP contribution in [0.1, 0.15) is 30.9 Å². The maximum absolute atomic E-state index is 6.46. The molecule has 1 saturated carbocycles. The molecular formula is C18H24N2. The van der Waals surface area contributed by atoms with E-state index in [1.54, 1.807) is 0 Å². The number of nitrogens with zero attached hydrogens (tertiary/aromatic N) is 1. The van der Waals surface area contributed by atoms with Gasteiger partial charge in [0.05, 0.1) is 0 Å². The number of hydrogen-bond acceptors (Lipinski definition) is 2. The summed E-state index contributed by atoms with van der Waals surface area (Å²) in [5.74, 6) is 0.903. The monoisotopic (exact) mass is 268 g/mol. The highest BCUT2D eigenvalue weighted by atomic mass is 15.1. The molecule has 0 radical (unpaired) electrons. The van der Waals surface area contributed by atoms with Gasteiger partial charge in [-0.3, -0.25) is 0 Å². The minimum Gasteiger partial charge on any atom is -0.323 e. The number of likely N-dealkylation sites (N-methyl/N-ethyl adjacent to an activating group) is 1. The van der Waals surface area contributed by atoms with E-state index in [2.05, 4.69) is 54.4 Å². The van der Waals surface area contributed by atoms with Crippen LogP contribution in [0.2, 0.25) is 0 Å². The molecule has 0 aromatic heterocycles. The van der Waals surface area contributed by atoms with Crippen molar-refractivity contribution in [1.82, 2.24) is 4.90 Å². The lowest BCUT2D eigenvalue weighted by Crippen LogP contribution is -2.34. The Bertz CT molecular complexity index is 569. The molecule has 1 atom stereocenters. The lowest BCUT2D eigenvalue weighted by Gasteiger charge is -2.31. The Morgan fingerprint density at radius 3 is 2.65 bits per heavy atom. The molecular weight excluding hydrogens is 244 g/mol. The maximum Gasteiger partial charge on any atom is 0.0430 e. The van der Waals surface area contributed by atoms with E-state index in [-0.39, 0.29) is 6.04 Å². The highest BCUT2D eigenvalue weighted by Crippen LogP contribution is 2.28. The van der Waals surface area contributed by atoms with Gasteiger partial charge in [-0.1, -0.05) is 48.9 Å². The molecule has 2 heteroatoms. The molecule has 3 rings (SSSR count). The van der Waals surface area contributed by atoms with Crippen molar-refractivity contribution < 1.29 is 0 Å². The second kappa shape index (κ2) is 5.94. The summed E-state index contributed by atoms with van der Waals surface area (Å²) in [6.07, 6.45) is 4.20. The molecule has 0 saturated heterocycles. The van der Waals surface area contributed by atoms with Gasteiger partial charge in [0.15, 0.2) is 0 Å². The first kappa shape index (κ1) is 13.6. The third-order valence-electron chi connectivity index (χ3n) is 4.53. The summed E-state index contributed by atoms with van der Waals surface area (Å²) in [5.41, 5.74) is 7.72. The average Bonchev–Trinajstić information content (AvgIpc) is 2.42. The number of hydrogen-bond donors (Lipinski definition) is 1. The Morgan fingerprint density at radius 2 is 1.90 bits per heavy atom. The van der Waals surface area contributed by atoms with Gasteiger partial charge < -0.3 is 10.6 Å². The van der Waals surface area contributed by atoms with Crippen LogP contribution < -0.4 is 5.73 Å². The van der Waals surface area contributed by atoms with Crippen molar-refractivity contribution in [1.29, 1.82) is 0 Å². The smallest absolute Gasteiger partial charge is 0.0430 e. The number of rotatable bonds is 5. The molecule has 20 heavy (non-hydrogen) atoms. The zero-order valence-corrected chi connectivity index (χ0v) is 12.3. The Balaban J connectivity index is 1.72. The fourth-order valence-corrected chi connectivity index (χ4v) is 3.20. The second-order valence-electron chi connectivity index (χ2n) is 6.19. The molecule has 2 aromatic carbocycles. The minimum absolute atomic E-state index is 0.0891. The van der Waals surface area contributed by atoms with E-state index in [4.69, 9.17) is 5.73 Å². The van der Waals surface area contributed by atoms with Crippen molar-refractivity contribution >= 4 is 10.8 Å². The molecule has 1 fully saturated rings. The van der Waals surface area contributed by atoms with Crippen LogP contribution in [0, 0.1) is 5.92 Å². The first-order valence-electron chi connectivity index (χ1n) is 7.66. The molecule has 106 valence electrons. The van der Waals surface area contributed by atoms with Crippen LogP contribution in [0.15, 0.2) is 42.5 Å². The van der Waals surface area contributed by atoms with Crippen molar-refractivity contribution in [3.63, 3.8) is 0 Å². The largest absolute Gasteiger partial charge is 0.323 e. The average molecular weight is 268 g/mol. The van der Waals surface area contributed by atoms with E-state index in [1.807, 2.05) is 0 Å². The van der Waals surface area contributed by atoms with Crippen LogP contribution in [0.5, 0.6) is 0 Å². The van der Waals surface area contributed by atoms with Crippen LogP contribution in [0.4, 0.5) is 0 Å². The third-order valence-corrected chi connectivity index (χ3v) is 4.53. The van der Waals surface area contributed by atoms with Crippen molar-refractivity contribution in [3.05, 3.63) is 48.0 Å². The summed E-state index contributed by atoms with van der Waals surface area (Å²) < 4.78 is 0. The third kappa shape index (κ3) is 2.87. The van der Waals surface area contributed by atoms with Crippen LogP contribution >= 0.6 is 0 Å². The maximum atomic E-state index is 6.46. The zero-order chi connectivity index (χ0) is 13.9. The lowest BCUT2D eigenvalue weighted by atomic mass is 9.85. The minimum atomic E-state index is 0.0891. The van der Waals surface area contributed by atoms with Gasteiger partial charge in [0.25, 0.3) is 0 Å². The van der Waals surface area contributed by atoms with Gasteiger partial charge in [0, 0.05) is 19.1 Å². The Morgan fingerprint density at radius 1 is 1.15 bits per heavy atom. The molecule has 2 N–H and O–H groups in total. The summed E-state index contributed by atoms with van der Waals surface area (Å²) in [6.45, 7) is 2.13. The Kier molecular flexibility index (Phi) is 4.04. The van der Waals surface area contributed by atoms with Gasteiger partial charge >= 0.3 is 0 Å². The van der Waals surface area contributed by atoms with Gasteiger partial charge in [-0.05, 0) is 42.1 Å². The van der Waals surface area contributed by atoms with Crippen LogP contribution in [-0.4, -0.2) is 25.0 Å². The van der Waals surface area contributed by atoms with Crippen molar-refractivity contribution in [2.75, 3.05) is 20.1 Å². The predicted molar refractivity (Wildman–Crippen MR) is 85.7 cm³/mol. The topological polar surface area (TPSA) is 29.3 Å². The fraction of sp³-hybridized carbons (Fsp3) is 0.444. The normalized spacial score (nSPS) is 17.4. The molecule has 1 unspecified atom stereocenters. The van der Waals surface area contributed by atoms with E-state index >= 15 is 0 Å². The number of nitrogens with two attached hydrogens (primary N) is 1. The first-order chi connectivity index (χ1) is 9.74. The highest BCUT2D eigenvalue weighted by molar-refractivity contribution is 5.86. The molecule has 2 nitrogen and oxygen atoms in total. The van der Waals surface area contributed by atoms with E-state index in [9.17, 15) is 0 Å². The lowest BCUT2D eigenvalue weighted by molar-refractivity contribution is 0.198. The molecule has 0 amide bonds. The van der Waals surface area contributed by atoms with E-state index in [0.717, 1.165) is 12.5 Å². The number of fused-ring (bicyclic) bond motifs is 1. The SMILES string of the molecule is CN(CC1CCC1)CC(N)c1cccc2ccccc12. The summed E-state index contributed by atoms with van der Waals surface area (Å²) >= 11 is 0. The predicted octanol–water partition coefficient (Wildman–Crippen LogP) is 3.57. The first-order valence-corrected chi connectivity index (χ1v) is 7.66. The van der Waals surface area contributed by atoms with E-state index in [1.165, 1.54) is 42.1 Å². The fourth-order valence-electron chi connectivity index (χ4n) is 3.20. The molecule has 0 aliphatic heterocycles. The Labute approximate surface area is 121 Å². The molecule has 0 spiro atoms. The molecule has 1 aliphatic rings. The zero-order valence-electron chi connectivity index (χ0n) is 12.3. The Hall–Kier alpha value is -1.38. The summed E-state index contributed by atoms with van der Waals surface area (Å²) in [6, 6.07) is 15.0. The van der Waals surface area contributed by atoms with E-state index in [0.29, 0.717) is 0 Å². The van der Waals surface area contributed by atoms with Gasteiger partial charge in [-0.2, -0.15) is 0 Å². The van der Waals surface area contributed by atoms with Crippen molar-refractivity contribution in [3.8, 4) is 0 Å². The van der Waals surface area contributed by atoms with Gasteiger partial charge in [-0.15, -0.1) is 0 Å². The van der Waals surface area contributed by atoms with Gasteiger partial charge in [-0.25, -0.2) is 0 Å². The van der Waals surface area contributed by atoms with E-state index < -0.39 is 0 Å². The van der Waals surface area contributed by atoms with Crippen molar-refractivity contribution in [2.45, 2.75) is 25.3 Å². The standard InChI is InChI=1S/C18H24N2/c1-20(12-14-6-4-7-14)13-18(19)17-11-5-9-15-8-2-3-10-16(15)17/h2-3,5,8-11,14,18H,4,6-7,12-13,19H2,1H3. The summed E-state index contributed by atoms with van der Waals surface area (Å²) in [4.78, 5) is 2.40. The molecule has 0 bridgehead atoms.